The van der Waals surface area contributed by atoms with E-state index < -0.39 is 0 Å². The van der Waals surface area contributed by atoms with Crippen molar-refractivity contribution in [2.24, 2.45) is 11.8 Å². The number of halogens is 1. The Morgan fingerprint density at radius 3 is 2.58 bits per heavy atom. The molecule has 7 heteroatoms. The minimum Gasteiger partial charge on any atom is -0.466 e. The van der Waals surface area contributed by atoms with Gasteiger partial charge in [0.15, 0.2) is 0 Å². The molecule has 1 aliphatic rings. The van der Waals surface area contributed by atoms with E-state index in [-0.39, 0.29) is 17.8 Å². The molecule has 2 rings (SSSR count). The van der Waals surface area contributed by atoms with Gasteiger partial charge in [0.25, 0.3) is 0 Å². The normalized spacial score (nSPS) is 15.8. The van der Waals surface area contributed by atoms with Crippen LogP contribution < -0.4 is 0 Å². The lowest BCUT2D eigenvalue weighted by Gasteiger charge is -2.30. The van der Waals surface area contributed by atoms with Crippen molar-refractivity contribution in [3.63, 3.8) is 0 Å². The van der Waals surface area contributed by atoms with Crippen molar-refractivity contribution in [3.05, 3.63) is 22.5 Å². The molecule has 1 aromatic heterocycles. The average molecular weight is 382 g/mol. The first kappa shape index (κ1) is 20.5. The molecular weight excluding hydrogens is 354 g/mol. The summed E-state index contributed by atoms with van der Waals surface area (Å²) in [6.07, 6.45) is 4.57. The highest BCUT2D eigenvalue weighted by molar-refractivity contribution is 6.31. The van der Waals surface area contributed by atoms with Crippen molar-refractivity contribution in [3.8, 4) is 0 Å². The van der Waals surface area contributed by atoms with Crippen LogP contribution in [0.4, 0.5) is 0 Å². The maximum Gasteiger partial charge on any atom is 0.309 e. The molecule has 0 aromatic carbocycles. The Balaban J connectivity index is 1.96. The van der Waals surface area contributed by atoms with Gasteiger partial charge in [0, 0.05) is 31.3 Å². The zero-order chi connectivity index (χ0) is 19.3. The van der Waals surface area contributed by atoms with Crippen molar-refractivity contribution < 1.29 is 14.3 Å². The molecule has 1 fully saturated rings. The van der Waals surface area contributed by atoms with Crippen LogP contribution in [0.3, 0.4) is 0 Å². The van der Waals surface area contributed by atoms with Crippen LogP contribution in [0.2, 0.25) is 5.15 Å². The maximum absolute atomic E-state index is 12.4. The Kier molecular flexibility index (Phi) is 7.26. The highest BCUT2D eigenvalue weighted by Crippen LogP contribution is 2.23. The minimum atomic E-state index is -0.157. The number of piperidine rings is 1. The summed E-state index contributed by atoms with van der Waals surface area (Å²) in [5.41, 5.74) is 1.59. The minimum absolute atomic E-state index is 0.0700. The van der Waals surface area contributed by atoms with E-state index in [9.17, 15) is 9.59 Å². The fraction of sp³-hybridized carbons (Fsp3) is 0.632. The molecule has 2 heterocycles. The first-order valence-electron chi connectivity index (χ1n) is 9.20. The summed E-state index contributed by atoms with van der Waals surface area (Å²) in [4.78, 5) is 26.0. The molecule has 1 aromatic rings. The Morgan fingerprint density at radius 1 is 1.35 bits per heavy atom. The van der Waals surface area contributed by atoms with Crippen LogP contribution in [0.1, 0.15) is 44.9 Å². The summed E-state index contributed by atoms with van der Waals surface area (Å²) in [6.45, 7) is 10.2. The largest absolute Gasteiger partial charge is 0.466 e. The van der Waals surface area contributed by atoms with Gasteiger partial charge in [0.1, 0.15) is 5.15 Å². The molecule has 0 atom stereocenters. The summed E-state index contributed by atoms with van der Waals surface area (Å²) in [6, 6.07) is 0. The molecule has 0 bridgehead atoms. The number of carbonyl (C=O) groups is 2. The molecular formula is C19H28ClN3O3. The molecule has 0 N–H and O–H groups in total. The van der Waals surface area contributed by atoms with Crippen LogP contribution >= 0.6 is 11.6 Å². The molecule has 1 saturated heterocycles. The van der Waals surface area contributed by atoms with E-state index in [0.29, 0.717) is 43.6 Å². The average Bonchev–Trinajstić information content (AvgIpc) is 2.86. The predicted octanol–water partition coefficient (Wildman–Crippen LogP) is 3.32. The van der Waals surface area contributed by atoms with Crippen molar-refractivity contribution in [2.45, 2.75) is 47.1 Å². The molecule has 0 spiro atoms. The quantitative estimate of drug-likeness (QED) is 0.560. The van der Waals surface area contributed by atoms with Gasteiger partial charge in [-0.15, -0.1) is 0 Å². The third kappa shape index (κ3) is 5.10. The number of carbonyl (C=O) groups excluding carboxylic acids is 2. The van der Waals surface area contributed by atoms with Crippen LogP contribution in [0.25, 0.3) is 6.08 Å². The summed E-state index contributed by atoms with van der Waals surface area (Å²) >= 11 is 6.40. The molecule has 26 heavy (non-hydrogen) atoms. The van der Waals surface area contributed by atoms with E-state index in [1.54, 1.807) is 28.7 Å². The topological polar surface area (TPSA) is 64.4 Å². The standard InChI is InChI=1S/C19H28ClN3O3/c1-5-26-19(25)15-8-10-22(11-9-15)17(24)7-6-16-14(4)21-23(18(16)20)12-13(2)3/h6-7,13,15H,5,8-12H2,1-4H3/b7-6+. The zero-order valence-electron chi connectivity index (χ0n) is 16.0. The number of hydrogen-bond donors (Lipinski definition) is 0. The zero-order valence-corrected chi connectivity index (χ0v) is 16.8. The summed E-state index contributed by atoms with van der Waals surface area (Å²) in [7, 11) is 0. The van der Waals surface area contributed by atoms with Crippen molar-refractivity contribution >= 4 is 29.6 Å². The van der Waals surface area contributed by atoms with Gasteiger partial charge in [-0.2, -0.15) is 5.10 Å². The van der Waals surface area contributed by atoms with Crippen molar-refractivity contribution in [2.75, 3.05) is 19.7 Å². The number of ether oxygens (including phenoxy) is 1. The number of aromatic nitrogens is 2. The second kappa shape index (κ2) is 9.21. The van der Waals surface area contributed by atoms with Crippen LogP contribution in [0.5, 0.6) is 0 Å². The van der Waals surface area contributed by atoms with E-state index in [0.717, 1.165) is 17.8 Å². The summed E-state index contributed by atoms with van der Waals surface area (Å²) in [5.74, 6) is 0.106. The van der Waals surface area contributed by atoms with E-state index in [1.165, 1.54) is 0 Å². The second-order valence-corrected chi connectivity index (χ2v) is 7.41. The van der Waals surface area contributed by atoms with E-state index >= 15 is 0 Å². The van der Waals surface area contributed by atoms with Gasteiger partial charge in [0.2, 0.25) is 5.91 Å². The molecule has 0 saturated carbocycles. The second-order valence-electron chi connectivity index (χ2n) is 7.05. The van der Waals surface area contributed by atoms with Crippen LogP contribution in [0, 0.1) is 18.8 Å². The Hall–Kier alpha value is -1.82. The molecule has 1 amide bonds. The van der Waals surface area contributed by atoms with E-state index in [2.05, 4.69) is 18.9 Å². The summed E-state index contributed by atoms with van der Waals surface area (Å²) < 4.78 is 6.83. The molecule has 1 aliphatic heterocycles. The first-order chi connectivity index (χ1) is 12.3. The van der Waals surface area contributed by atoms with Gasteiger partial charge in [-0.1, -0.05) is 25.4 Å². The third-order valence-corrected chi connectivity index (χ3v) is 4.87. The van der Waals surface area contributed by atoms with Gasteiger partial charge < -0.3 is 9.64 Å². The first-order valence-corrected chi connectivity index (χ1v) is 9.57. The molecule has 0 aliphatic carbocycles. The number of rotatable bonds is 6. The lowest BCUT2D eigenvalue weighted by molar-refractivity contribution is -0.150. The number of esters is 1. The van der Waals surface area contributed by atoms with Crippen LogP contribution in [-0.2, 0) is 20.9 Å². The Labute approximate surface area is 160 Å². The van der Waals surface area contributed by atoms with E-state index in [4.69, 9.17) is 16.3 Å². The molecule has 6 nitrogen and oxygen atoms in total. The fourth-order valence-corrected chi connectivity index (χ4v) is 3.39. The SMILES string of the molecule is CCOC(=O)C1CCN(C(=O)/C=C/c2c(C)nn(CC(C)C)c2Cl)CC1. The van der Waals surface area contributed by atoms with E-state index in [1.807, 2.05) is 6.92 Å². The number of amides is 1. The van der Waals surface area contributed by atoms with Gasteiger partial charge in [-0.3, -0.25) is 14.3 Å². The smallest absolute Gasteiger partial charge is 0.309 e. The maximum atomic E-state index is 12.4. The molecule has 0 unspecified atom stereocenters. The third-order valence-electron chi connectivity index (χ3n) is 4.47. The predicted molar refractivity (Wildman–Crippen MR) is 102 cm³/mol. The monoisotopic (exact) mass is 381 g/mol. The molecule has 144 valence electrons. The Morgan fingerprint density at radius 2 is 2.00 bits per heavy atom. The number of likely N-dealkylation sites (tertiary alicyclic amines) is 1. The van der Waals surface area contributed by atoms with Gasteiger partial charge in [-0.25, -0.2) is 0 Å². The van der Waals surface area contributed by atoms with Crippen molar-refractivity contribution in [1.82, 2.24) is 14.7 Å². The number of aryl methyl sites for hydroxylation is 1. The lowest BCUT2D eigenvalue weighted by Crippen LogP contribution is -2.39. The number of hydrogen-bond acceptors (Lipinski definition) is 4. The van der Waals surface area contributed by atoms with Gasteiger partial charge in [-0.05, 0) is 38.7 Å². The molecule has 0 radical (unpaired) electrons. The fourth-order valence-electron chi connectivity index (χ4n) is 3.08. The van der Waals surface area contributed by atoms with Gasteiger partial charge in [0.05, 0.1) is 18.2 Å². The highest BCUT2D eigenvalue weighted by atomic mass is 35.5. The van der Waals surface area contributed by atoms with Gasteiger partial charge >= 0.3 is 5.97 Å². The summed E-state index contributed by atoms with van der Waals surface area (Å²) in [5, 5.41) is 5.00. The lowest BCUT2D eigenvalue weighted by atomic mass is 9.97. The number of nitrogens with zero attached hydrogens (tertiary/aromatic N) is 3. The highest BCUT2D eigenvalue weighted by Gasteiger charge is 2.27. The Bertz CT molecular complexity index is 674. The van der Waals surface area contributed by atoms with Crippen LogP contribution in [0.15, 0.2) is 6.08 Å². The van der Waals surface area contributed by atoms with Crippen molar-refractivity contribution in [1.29, 1.82) is 0 Å². The van der Waals surface area contributed by atoms with Crippen LogP contribution in [-0.4, -0.2) is 46.3 Å².